The summed E-state index contributed by atoms with van der Waals surface area (Å²) in [6.07, 6.45) is 3.56. The van der Waals surface area contributed by atoms with Crippen LogP contribution in [0.15, 0.2) is 18.2 Å². The number of carbonyl (C=O) groups is 2. The summed E-state index contributed by atoms with van der Waals surface area (Å²) in [4.78, 5) is 35.3. The molecule has 0 radical (unpaired) electrons. The SMILES string of the molecule is O=C(NCC1CCCO1)c1cc(C(=O)NCC2CCCO2)cc([N+](=O)[O-])c1. The Morgan fingerprint density at radius 2 is 1.44 bits per heavy atom. The smallest absolute Gasteiger partial charge is 0.271 e. The Kier molecular flexibility index (Phi) is 6.36. The van der Waals surface area contributed by atoms with Crippen LogP contribution >= 0.6 is 0 Å². The molecule has 2 N–H and O–H groups in total. The molecule has 0 bridgehead atoms. The van der Waals surface area contributed by atoms with Gasteiger partial charge in [0.15, 0.2) is 0 Å². The molecule has 9 nitrogen and oxygen atoms in total. The summed E-state index contributed by atoms with van der Waals surface area (Å²) in [7, 11) is 0. The van der Waals surface area contributed by atoms with E-state index < -0.39 is 16.7 Å². The van der Waals surface area contributed by atoms with Gasteiger partial charge in [-0.05, 0) is 31.7 Å². The number of nitrogens with zero attached hydrogens (tertiary/aromatic N) is 1. The zero-order chi connectivity index (χ0) is 19.2. The molecular formula is C18H23N3O6. The van der Waals surface area contributed by atoms with E-state index in [9.17, 15) is 19.7 Å². The van der Waals surface area contributed by atoms with E-state index in [4.69, 9.17) is 9.47 Å². The average molecular weight is 377 g/mol. The van der Waals surface area contributed by atoms with Gasteiger partial charge in [0.2, 0.25) is 0 Å². The summed E-state index contributed by atoms with van der Waals surface area (Å²) >= 11 is 0. The van der Waals surface area contributed by atoms with Gasteiger partial charge in [0.1, 0.15) is 0 Å². The molecule has 2 heterocycles. The number of non-ortho nitro benzene ring substituents is 1. The molecule has 1 aromatic carbocycles. The maximum absolute atomic E-state index is 12.4. The Morgan fingerprint density at radius 3 is 1.81 bits per heavy atom. The van der Waals surface area contributed by atoms with E-state index in [0.29, 0.717) is 26.3 Å². The fourth-order valence-corrected chi connectivity index (χ4v) is 3.21. The van der Waals surface area contributed by atoms with Crippen molar-refractivity contribution < 1.29 is 24.0 Å². The highest BCUT2D eigenvalue weighted by molar-refractivity contribution is 6.00. The lowest BCUT2D eigenvalue weighted by Gasteiger charge is -2.12. The van der Waals surface area contributed by atoms with Crippen LogP contribution in [-0.4, -0.2) is 55.2 Å². The average Bonchev–Trinajstić information content (AvgIpc) is 3.37. The molecule has 0 aliphatic carbocycles. The third-order valence-corrected chi connectivity index (χ3v) is 4.68. The maximum Gasteiger partial charge on any atom is 0.271 e. The van der Waals surface area contributed by atoms with E-state index in [0.717, 1.165) is 25.7 Å². The van der Waals surface area contributed by atoms with Crippen LogP contribution in [0.2, 0.25) is 0 Å². The van der Waals surface area contributed by atoms with E-state index in [1.165, 1.54) is 18.2 Å². The van der Waals surface area contributed by atoms with Crippen molar-refractivity contribution in [2.75, 3.05) is 26.3 Å². The Bertz CT molecular complexity index is 661. The number of benzene rings is 1. The highest BCUT2D eigenvalue weighted by Crippen LogP contribution is 2.18. The van der Waals surface area contributed by atoms with Gasteiger partial charge >= 0.3 is 0 Å². The topological polar surface area (TPSA) is 120 Å². The van der Waals surface area contributed by atoms with Crippen molar-refractivity contribution in [3.63, 3.8) is 0 Å². The zero-order valence-corrected chi connectivity index (χ0v) is 14.9. The second kappa shape index (κ2) is 8.92. The van der Waals surface area contributed by atoms with Crippen molar-refractivity contribution in [2.24, 2.45) is 0 Å². The molecule has 1 aromatic rings. The summed E-state index contributed by atoms with van der Waals surface area (Å²) in [6, 6.07) is 3.70. The van der Waals surface area contributed by atoms with Crippen LogP contribution < -0.4 is 10.6 Å². The highest BCUT2D eigenvalue weighted by atomic mass is 16.6. The second-order valence-corrected chi connectivity index (χ2v) is 6.72. The van der Waals surface area contributed by atoms with Crippen LogP contribution in [0, 0.1) is 10.1 Å². The van der Waals surface area contributed by atoms with E-state index in [2.05, 4.69) is 10.6 Å². The lowest BCUT2D eigenvalue weighted by atomic mass is 10.1. The number of carbonyl (C=O) groups excluding carboxylic acids is 2. The van der Waals surface area contributed by atoms with Crippen molar-refractivity contribution in [1.82, 2.24) is 10.6 Å². The third kappa shape index (κ3) is 5.24. The minimum Gasteiger partial charge on any atom is -0.376 e. The highest BCUT2D eigenvalue weighted by Gasteiger charge is 2.21. The molecule has 0 aromatic heterocycles. The summed E-state index contributed by atoms with van der Waals surface area (Å²) in [5, 5.41) is 16.6. The first-order valence-corrected chi connectivity index (χ1v) is 9.12. The minimum atomic E-state index is -0.617. The first kappa shape index (κ1) is 19.2. The standard InChI is InChI=1S/C18H23N3O6/c22-17(19-10-15-3-1-5-26-15)12-7-13(9-14(8-12)21(24)25)18(23)20-11-16-4-2-6-27-16/h7-9,15-16H,1-6,10-11H2,(H,19,22)(H,20,23). The summed E-state index contributed by atoms with van der Waals surface area (Å²) < 4.78 is 10.9. The summed E-state index contributed by atoms with van der Waals surface area (Å²) in [6.45, 7) is 2.02. The van der Waals surface area contributed by atoms with Gasteiger partial charge in [-0.1, -0.05) is 0 Å². The van der Waals surface area contributed by atoms with E-state index in [1.54, 1.807) is 0 Å². The molecule has 0 spiro atoms. The van der Waals surface area contributed by atoms with Crippen LogP contribution in [0.3, 0.4) is 0 Å². The lowest BCUT2D eigenvalue weighted by Crippen LogP contribution is -2.33. The molecule has 146 valence electrons. The first-order valence-electron chi connectivity index (χ1n) is 9.12. The van der Waals surface area contributed by atoms with Crippen LogP contribution in [0.4, 0.5) is 5.69 Å². The summed E-state index contributed by atoms with van der Waals surface area (Å²) in [5.74, 6) is -0.940. The number of nitro benzene ring substituents is 1. The maximum atomic E-state index is 12.4. The van der Waals surface area contributed by atoms with Crippen LogP contribution in [0.5, 0.6) is 0 Å². The molecule has 2 fully saturated rings. The van der Waals surface area contributed by atoms with E-state index in [-0.39, 0.29) is 29.0 Å². The number of hydrogen-bond acceptors (Lipinski definition) is 6. The van der Waals surface area contributed by atoms with E-state index >= 15 is 0 Å². The largest absolute Gasteiger partial charge is 0.376 e. The number of ether oxygens (including phenoxy) is 2. The first-order chi connectivity index (χ1) is 13.0. The van der Waals surface area contributed by atoms with Crippen LogP contribution in [0.1, 0.15) is 46.4 Å². The predicted molar refractivity (Wildman–Crippen MR) is 95.7 cm³/mol. The van der Waals surface area contributed by atoms with Gasteiger partial charge in [-0.2, -0.15) is 0 Å². The Balaban J connectivity index is 1.68. The molecule has 2 unspecified atom stereocenters. The van der Waals surface area contributed by atoms with Gasteiger partial charge in [0, 0.05) is 49.6 Å². The number of amides is 2. The molecule has 0 saturated carbocycles. The predicted octanol–water partition coefficient (Wildman–Crippen LogP) is 1.41. The van der Waals surface area contributed by atoms with E-state index in [1.807, 2.05) is 0 Å². The molecule has 2 aliphatic rings. The monoisotopic (exact) mass is 377 g/mol. The molecule has 2 atom stereocenters. The third-order valence-electron chi connectivity index (χ3n) is 4.68. The Labute approximate surface area is 156 Å². The molecule has 2 aliphatic heterocycles. The van der Waals surface area contributed by atoms with Crippen LogP contribution in [0.25, 0.3) is 0 Å². The molecule has 3 rings (SSSR count). The number of nitro groups is 1. The van der Waals surface area contributed by atoms with Crippen molar-refractivity contribution in [3.05, 3.63) is 39.4 Å². The quantitative estimate of drug-likeness (QED) is 0.548. The molecular weight excluding hydrogens is 354 g/mol. The second-order valence-electron chi connectivity index (χ2n) is 6.72. The molecule has 9 heteroatoms. The number of rotatable bonds is 7. The van der Waals surface area contributed by atoms with Gasteiger partial charge < -0.3 is 20.1 Å². The normalized spacial score (nSPS) is 21.8. The fraction of sp³-hybridized carbons (Fsp3) is 0.556. The number of hydrogen-bond donors (Lipinski definition) is 2. The van der Waals surface area contributed by atoms with Crippen molar-refractivity contribution in [2.45, 2.75) is 37.9 Å². The van der Waals surface area contributed by atoms with Crippen molar-refractivity contribution in [3.8, 4) is 0 Å². The van der Waals surface area contributed by atoms with Crippen LogP contribution in [-0.2, 0) is 9.47 Å². The Hall–Kier alpha value is -2.52. The fourth-order valence-electron chi connectivity index (χ4n) is 3.21. The van der Waals surface area contributed by atoms with Gasteiger partial charge in [-0.3, -0.25) is 19.7 Å². The lowest BCUT2D eigenvalue weighted by molar-refractivity contribution is -0.384. The minimum absolute atomic E-state index is 0.0400. The zero-order valence-electron chi connectivity index (χ0n) is 14.9. The summed E-state index contributed by atoms with van der Waals surface area (Å²) in [5.41, 5.74) is -0.157. The van der Waals surface area contributed by atoms with Crippen molar-refractivity contribution >= 4 is 17.5 Å². The van der Waals surface area contributed by atoms with Gasteiger partial charge in [0.05, 0.1) is 17.1 Å². The molecule has 2 amide bonds. The van der Waals surface area contributed by atoms with Gasteiger partial charge in [0.25, 0.3) is 17.5 Å². The van der Waals surface area contributed by atoms with Gasteiger partial charge in [-0.15, -0.1) is 0 Å². The van der Waals surface area contributed by atoms with Crippen molar-refractivity contribution in [1.29, 1.82) is 0 Å². The number of nitrogens with one attached hydrogen (secondary N) is 2. The van der Waals surface area contributed by atoms with Gasteiger partial charge in [-0.25, -0.2) is 0 Å². The molecule has 2 saturated heterocycles. The molecule has 27 heavy (non-hydrogen) atoms. The Morgan fingerprint density at radius 1 is 0.963 bits per heavy atom.